The van der Waals surface area contributed by atoms with Crippen LogP contribution in [0, 0.1) is 0 Å². The SMILES string of the molecule is O=S(=O)(O)F.OCCO. The molecule has 9 heavy (non-hydrogen) atoms. The van der Waals surface area contributed by atoms with E-state index >= 15 is 0 Å². The Kier molecular flexibility index (Phi) is 7.55. The van der Waals surface area contributed by atoms with E-state index in [0.717, 1.165) is 0 Å². The lowest BCUT2D eigenvalue weighted by atomic mass is 10.8. The van der Waals surface area contributed by atoms with Gasteiger partial charge in [0.1, 0.15) is 0 Å². The highest BCUT2D eigenvalue weighted by Gasteiger charge is 1.89. The van der Waals surface area contributed by atoms with Crippen LogP contribution in [0.25, 0.3) is 0 Å². The number of aliphatic hydroxyl groups is 2. The fourth-order valence-electron chi connectivity index (χ4n) is 0. The Hall–Kier alpha value is -0.240. The summed E-state index contributed by atoms with van der Waals surface area (Å²) in [5, 5.41) is 15.2. The largest absolute Gasteiger partial charge is 0.435 e. The molecule has 0 fully saturated rings. The highest BCUT2D eigenvalue weighted by Crippen LogP contribution is 1.74. The first-order valence-corrected chi connectivity index (χ1v) is 3.14. The number of hydrogen-bond acceptors (Lipinski definition) is 4. The van der Waals surface area contributed by atoms with Gasteiger partial charge in [0.15, 0.2) is 0 Å². The maximum atomic E-state index is 10.2. The maximum Gasteiger partial charge on any atom is 0.435 e. The molecule has 0 aliphatic rings. The summed E-state index contributed by atoms with van der Waals surface area (Å²) in [5.41, 5.74) is 0. The van der Waals surface area contributed by atoms with Crippen molar-refractivity contribution in [2.75, 3.05) is 13.2 Å². The zero-order chi connectivity index (χ0) is 7.91. The van der Waals surface area contributed by atoms with E-state index in [0.29, 0.717) is 0 Å². The zero-order valence-electron chi connectivity index (χ0n) is 4.36. The first-order chi connectivity index (χ1) is 3.91. The van der Waals surface area contributed by atoms with E-state index in [1.807, 2.05) is 0 Å². The van der Waals surface area contributed by atoms with E-state index in [1.54, 1.807) is 0 Å². The summed E-state index contributed by atoms with van der Waals surface area (Å²) < 4.78 is 34.1. The molecule has 0 aliphatic carbocycles. The summed E-state index contributed by atoms with van der Waals surface area (Å²) in [6.45, 7) is -0.250. The van der Waals surface area contributed by atoms with E-state index in [-0.39, 0.29) is 13.2 Å². The zero-order valence-corrected chi connectivity index (χ0v) is 5.18. The smallest absolute Gasteiger partial charge is 0.394 e. The van der Waals surface area contributed by atoms with E-state index in [9.17, 15) is 3.89 Å². The van der Waals surface area contributed by atoms with Crippen molar-refractivity contribution in [1.82, 2.24) is 0 Å². The number of rotatable bonds is 1. The van der Waals surface area contributed by atoms with Gasteiger partial charge in [-0.1, -0.05) is 3.89 Å². The molecule has 5 nitrogen and oxygen atoms in total. The Balaban J connectivity index is 0. The van der Waals surface area contributed by atoms with E-state index in [2.05, 4.69) is 0 Å². The number of hydrogen-bond donors (Lipinski definition) is 3. The summed E-state index contributed by atoms with van der Waals surface area (Å²) in [6, 6.07) is 0. The molecule has 0 radical (unpaired) electrons. The standard InChI is InChI=1S/C2H6O2.FHO3S/c3-1-2-4;1-5(2,3)4/h3-4H,1-2H2;(H,2,3,4). The van der Waals surface area contributed by atoms with Crippen molar-refractivity contribution in [3.63, 3.8) is 0 Å². The molecule has 0 saturated carbocycles. The minimum absolute atomic E-state index is 0.125. The normalized spacial score (nSPS) is 9.78. The molecule has 58 valence electrons. The van der Waals surface area contributed by atoms with Crippen LogP contribution in [0.5, 0.6) is 0 Å². The third kappa shape index (κ3) is 446. The molecule has 7 heteroatoms. The van der Waals surface area contributed by atoms with Crippen molar-refractivity contribution in [2.24, 2.45) is 0 Å². The Morgan fingerprint density at radius 3 is 1.33 bits per heavy atom. The fraction of sp³-hybridized carbons (Fsp3) is 1.00. The molecule has 0 spiro atoms. The summed E-state index contributed by atoms with van der Waals surface area (Å²) in [4.78, 5) is 0. The van der Waals surface area contributed by atoms with Crippen LogP contribution in [0.15, 0.2) is 0 Å². The Morgan fingerprint density at radius 2 is 1.33 bits per heavy atom. The molecule has 0 aliphatic heterocycles. The van der Waals surface area contributed by atoms with Gasteiger partial charge < -0.3 is 10.2 Å². The van der Waals surface area contributed by atoms with Gasteiger partial charge in [0.25, 0.3) is 0 Å². The average molecular weight is 162 g/mol. The molecule has 0 heterocycles. The van der Waals surface area contributed by atoms with Gasteiger partial charge in [0, 0.05) is 0 Å². The summed E-state index contributed by atoms with van der Waals surface area (Å²) in [6.07, 6.45) is 0. The fourth-order valence-corrected chi connectivity index (χ4v) is 0. The van der Waals surface area contributed by atoms with Crippen molar-refractivity contribution in [3.8, 4) is 0 Å². The van der Waals surface area contributed by atoms with E-state index in [1.165, 1.54) is 0 Å². The van der Waals surface area contributed by atoms with Crippen LogP contribution in [-0.4, -0.2) is 36.4 Å². The van der Waals surface area contributed by atoms with Gasteiger partial charge in [-0.2, -0.15) is 8.42 Å². The van der Waals surface area contributed by atoms with Crippen molar-refractivity contribution in [1.29, 1.82) is 0 Å². The monoisotopic (exact) mass is 162 g/mol. The molecule has 0 saturated heterocycles. The Labute approximate surface area is 51.8 Å². The van der Waals surface area contributed by atoms with Gasteiger partial charge in [-0.15, -0.1) is 0 Å². The summed E-state index contributed by atoms with van der Waals surface area (Å²) in [5.74, 6) is 0. The first-order valence-electron chi connectivity index (χ1n) is 1.80. The molecule has 0 amide bonds. The molecule has 0 aromatic heterocycles. The van der Waals surface area contributed by atoms with Crippen molar-refractivity contribution >= 4 is 10.5 Å². The lowest BCUT2D eigenvalue weighted by Gasteiger charge is -1.70. The Morgan fingerprint density at radius 1 is 1.22 bits per heavy atom. The topological polar surface area (TPSA) is 94.8 Å². The molecule has 0 aromatic rings. The van der Waals surface area contributed by atoms with Crippen LogP contribution in [0.4, 0.5) is 3.89 Å². The highest BCUT2D eigenvalue weighted by atomic mass is 32.3. The van der Waals surface area contributed by atoms with Gasteiger partial charge in [0.05, 0.1) is 13.2 Å². The van der Waals surface area contributed by atoms with Gasteiger partial charge >= 0.3 is 10.5 Å². The van der Waals surface area contributed by atoms with Gasteiger partial charge in [-0.05, 0) is 0 Å². The molecule has 0 bridgehead atoms. The highest BCUT2D eigenvalue weighted by molar-refractivity contribution is 7.80. The molecule has 0 aromatic carbocycles. The predicted octanol–water partition coefficient (Wildman–Crippen LogP) is -1.27. The molecule has 3 N–H and O–H groups in total. The summed E-state index contributed by atoms with van der Waals surface area (Å²) in [7, 11) is -5.17. The van der Waals surface area contributed by atoms with Crippen LogP contribution in [0.3, 0.4) is 0 Å². The van der Waals surface area contributed by atoms with E-state index in [4.69, 9.17) is 23.2 Å². The first kappa shape index (κ1) is 11.5. The van der Waals surface area contributed by atoms with Crippen LogP contribution < -0.4 is 0 Å². The second-order valence-electron chi connectivity index (χ2n) is 0.859. The van der Waals surface area contributed by atoms with Gasteiger partial charge in [0.2, 0.25) is 0 Å². The van der Waals surface area contributed by atoms with Gasteiger partial charge in [-0.25, -0.2) is 0 Å². The van der Waals surface area contributed by atoms with Crippen LogP contribution >= 0.6 is 0 Å². The van der Waals surface area contributed by atoms with Crippen molar-refractivity contribution < 1.29 is 27.1 Å². The average Bonchev–Trinajstić information content (AvgIpc) is 1.61. The second kappa shape index (κ2) is 5.89. The maximum absolute atomic E-state index is 10.2. The predicted molar refractivity (Wildman–Crippen MR) is 26.8 cm³/mol. The quantitative estimate of drug-likeness (QED) is 0.330. The number of halogens is 1. The third-order valence-electron chi connectivity index (χ3n) is 0.1000. The van der Waals surface area contributed by atoms with Crippen LogP contribution in [-0.2, 0) is 10.5 Å². The minimum atomic E-state index is -5.17. The molecular weight excluding hydrogens is 155 g/mol. The van der Waals surface area contributed by atoms with Crippen LogP contribution in [0.2, 0.25) is 0 Å². The third-order valence-corrected chi connectivity index (χ3v) is 0.1000. The van der Waals surface area contributed by atoms with E-state index < -0.39 is 10.5 Å². The molecule has 0 rings (SSSR count). The second-order valence-corrected chi connectivity index (χ2v) is 1.68. The number of aliphatic hydroxyl groups excluding tert-OH is 2. The summed E-state index contributed by atoms with van der Waals surface area (Å²) >= 11 is 0. The molecule has 0 unspecified atom stereocenters. The molecule has 0 atom stereocenters. The van der Waals surface area contributed by atoms with Crippen molar-refractivity contribution in [2.45, 2.75) is 0 Å². The lowest BCUT2D eigenvalue weighted by molar-refractivity contribution is 0.186. The minimum Gasteiger partial charge on any atom is -0.394 e. The van der Waals surface area contributed by atoms with Crippen molar-refractivity contribution in [3.05, 3.63) is 0 Å². The van der Waals surface area contributed by atoms with Crippen LogP contribution in [0.1, 0.15) is 0 Å². The molecular formula is C2H7FO5S. The Bertz CT molecular complexity index is 118. The lowest BCUT2D eigenvalue weighted by Crippen LogP contribution is -1.85. The van der Waals surface area contributed by atoms with Gasteiger partial charge in [-0.3, -0.25) is 4.55 Å².